The molecular weight excluding hydrogens is 462 g/mol. The topological polar surface area (TPSA) is 61.9 Å². The van der Waals surface area contributed by atoms with Gasteiger partial charge < -0.3 is 10.1 Å². The first-order valence-electron chi connectivity index (χ1n) is 15.5. The van der Waals surface area contributed by atoms with Crippen LogP contribution in [0.1, 0.15) is 90.9 Å². The Kier molecular flexibility index (Phi) is 9.29. The van der Waals surface area contributed by atoms with Crippen molar-refractivity contribution < 1.29 is 14.3 Å². The average Bonchev–Trinajstić information content (AvgIpc) is 3.72. The van der Waals surface area contributed by atoms with E-state index in [4.69, 9.17) is 4.74 Å². The normalized spacial score (nSPS) is 36.5. The van der Waals surface area contributed by atoms with Gasteiger partial charge in [0.05, 0.1) is 19.8 Å². The zero-order valence-electron chi connectivity index (χ0n) is 22.4. The summed E-state index contributed by atoms with van der Waals surface area (Å²) in [5, 5.41) is 3.49. The number of Topliss-reactive ketones (excluding diaryl/α,β-unsaturated/α-hetero) is 1. The summed E-state index contributed by atoms with van der Waals surface area (Å²) in [6.45, 7) is 6.38. The van der Waals surface area contributed by atoms with Gasteiger partial charge in [0.15, 0.2) is 0 Å². The molecular formula is C31H53N3O3. The van der Waals surface area contributed by atoms with Gasteiger partial charge in [-0.3, -0.25) is 19.4 Å². The highest BCUT2D eigenvalue weighted by molar-refractivity contribution is 5.87. The van der Waals surface area contributed by atoms with Gasteiger partial charge in [0, 0.05) is 37.0 Å². The van der Waals surface area contributed by atoms with Gasteiger partial charge in [0.2, 0.25) is 5.91 Å². The summed E-state index contributed by atoms with van der Waals surface area (Å²) in [4.78, 5) is 31.7. The van der Waals surface area contributed by atoms with Crippen LogP contribution in [-0.4, -0.2) is 79.5 Å². The minimum atomic E-state index is 0. The van der Waals surface area contributed by atoms with Crippen LogP contribution in [0, 0.1) is 35.5 Å². The maximum absolute atomic E-state index is 13.4. The Balaban J connectivity index is 0.00000280. The fourth-order valence-electron chi connectivity index (χ4n) is 8.82. The number of hydrogen-bond donors (Lipinski definition) is 1. The van der Waals surface area contributed by atoms with Gasteiger partial charge >= 0.3 is 0 Å². The molecule has 0 radical (unpaired) electrons. The van der Waals surface area contributed by atoms with Gasteiger partial charge in [-0.05, 0) is 88.1 Å². The minimum Gasteiger partial charge on any atom is -0.379 e. The standard InChI is InChI=1S/C30H49N3O3.CH4/c34-28(20-32-12-10-22(11-13-32)21-4-2-1-3-5-21)31-29-26-19-25(33-14-16-36-17-15-33)9-8-24(26)18-27(29)30(35)23-6-7-23;/h21-27,29H,1-20H2,(H,31,34);1H4. The van der Waals surface area contributed by atoms with Gasteiger partial charge in [0.1, 0.15) is 5.78 Å². The number of nitrogens with zero attached hydrogens (tertiary/aromatic N) is 2. The fourth-order valence-corrected chi connectivity index (χ4v) is 8.82. The summed E-state index contributed by atoms with van der Waals surface area (Å²) < 4.78 is 5.60. The van der Waals surface area contributed by atoms with E-state index in [-0.39, 0.29) is 31.2 Å². The van der Waals surface area contributed by atoms with Crippen LogP contribution in [0.5, 0.6) is 0 Å². The maximum atomic E-state index is 13.4. The second-order valence-electron chi connectivity index (χ2n) is 13.2. The molecule has 1 amide bonds. The minimum absolute atomic E-state index is 0. The van der Waals surface area contributed by atoms with E-state index in [1.165, 1.54) is 57.8 Å². The SMILES string of the molecule is C.O=C(CN1CCC(C2CCCCC2)CC1)NC1C(C(=O)C2CC2)CC2CCC(N3CCOCC3)CC21. The highest BCUT2D eigenvalue weighted by Gasteiger charge is 2.52. The first-order valence-corrected chi connectivity index (χ1v) is 15.5. The number of carbonyl (C=O) groups is 2. The van der Waals surface area contributed by atoms with Gasteiger partial charge in [0.25, 0.3) is 0 Å². The lowest BCUT2D eigenvalue weighted by Gasteiger charge is -2.42. The molecule has 4 aliphatic carbocycles. The van der Waals surface area contributed by atoms with Gasteiger partial charge in [-0.25, -0.2) is 0 Å². The van der Waals surface area contributed by atoms with Crippen LogP contribution >= 0.6 is 0 Å². The second kappa shape index (κ2) is 12.5. The lowest BCUT2D eigenvalue weighted by molar-refractivity contribution is -0.127. The molecule has 0 aromatic rings. The summed E-state index contributed by atoms with van der Waals surface area (Å²) in [5.41, 5.74) is 0. The zero-order chi connectivity index (χ0) is 24.5. The highest BCUT2D eigenvalue weighted by Crippen LogP contribution is 2.49. The largest absolute Gasteiger partial charge is 0.379 e. The van der Waals surface area contributed by atoms with E-state index in [1.807, 2.05) is 0 Å². The average molecular weight is 516 g/mol. The van der Waals surface area contributed by atoms with Crippen LogP contribution in [0.15, 0.2) is 0 Å². The predicted octanol–water partition coefficient (Wildman–Crippen LogP) is 4.52. The molecule has 5 unspecified atom stereocenters. The first-order chi connectivity index (χ1) is 17.7. The Bertz CT molecular complexity index is 766. The highest BCUT2D eigenvalue weighted by atomic mass is 16.5. The van der Waals surface area contributed by atoms with E-state index in [0.717, 1.165) is 76.9 Å². The molecule has 2 saturated heterocycles. The van der Waals surface area contributed by atoms with Crippen LogP contribution in [-0.2, 0) is 14.3 Å². The Morgan fingerprint density at radius 3 is 2.16 bits per heavy atom. The van der Waals surface area contributed by atoms with Gasteiger partial charge in [-0.15, -0.1) is 0 Å². The van der Waals surface area contributed by atoms with Crippen molar-refractivity contribution in [2.75, 3.05) is 45.9 Å². The van der Waals surface area contributed by atoms with E-state index in [9.17, 15) is 9.59 Å². The predicted molar refractivity (Wildman–Crippen MR) is 147 cm³/mol. The van der Waals surface area contributed by atoms with Crippen molar-refractivity contribution in [3.63, 3.8) is 0 Å². The number of carbonyl (C=O) groups excluding carboxylic acids is 2. The van der Waals surface area contributed by atoms with Crippen LogP contribution in [0.4, 0.5) is 0 Å². The molecule has 0 bridgehead atoms. The van der Waals surface area contributed by atoms with Crippen LogP contribution in [0.3, 0.4) is 0 Å². The summed E-state index contributed by atoms with van der Waals surface area (Å²) in [7, 11) is 0. The summed E-state index contributed by atoms with van der Waals surface area (Å²) in [5.74, 6) is 3.84. The van der Waals surface area contributed by atoms with Crippen molar-refractivity contribution in [1.82, 2.24) is 15.1 Å². The molecule has 4 saturated carbocycles. The number of ether oxygens (including phenoxy) is 1. The lowest BCUT2D eigenvalue weighted by Crippen LogP contribution is -2.52. The number of nitrogens with one attached hydrogen (secondary N) is 1. The Labute approximate surface area is 225 Å². The van der Waals surface area contributed by atoms with Crippen molar-refractivity contribution in [3.8, 4) is 0 Å². The number of amides is 1. The van der Waals surface area contributed by atoms with Crippen LogP contribution in [0.2, 0.25) is 0 Å². The van der Waals surface area contributed by atoms with E-state index in [0.29, 0.717) is 30.2 Å². The smallest absolute Gasteiger partial charge is 0.234 e. The van der Waals surface area contributed by atoms with Gasteiger partial charge in [-0.1, -0.05) is 39.5 Å². The molecule has 6 fully saturated rings. The second-order valence-corrected chi connectivity index (χ2v) is 13.2. The fraction of sp³-hybridized carbons (Fsp3) is 0.935. The van der Waals surface area contributed by atoms with Crippen molar-refractivity contribution in [2.45, 2.75) is 103 Å². The molecule has 2 heterocycles. The number of fused-ring (bicyclic) bond motifs is 1. The third-order valence-corrected chi connectivity index (χ3v) is 11.0. The van der Waals surface area contributed by atoms with Crippen molar-refractivity contribution in [3.05, 3.63) is 0 Å². The molecule has 1 N–H and O–H groups in total. The molecule has 6 aliphatic rings. The van der Waals surface area contributed by atoms with E-state index >= 15 is 0 Å². The molecule has 0 spiro atoms. The molecule has 2 aliphatic heterocycles. The maximum Gasteiger partial charge on any atom is 0.234 e. The summed E-state index contributed by atoms with van der Waals surface area (Å²) in [6.07, 6.45) is 16.4. The Morgan fingerprint density at radius 2 is 1.46 bits per heavy atom. The van der Waals surface area contributed by atoms with E-state index in [1.54, 1.807) is 0 Å². The number of likely N-dealkylation sites (tertiary alicyclic amines) is 1. The molecule has 0 aromatic heterocycles. The Morgan fingerprint density at radius 1 is 0.757 bits per heavy atom. The first kappa shape index (κ1) is 27.6. The Hall–Kier alpha value is -0.980. The number of rotatable bonds is 7. The van der Waals surface area contributed by atoms with Crippen LogP contribution in [0.25, 0.3) is 0 Å². The molecule has 210 valence electrons. The quantitative estimate of drug-likeness (QED) is 0.540. The van der Waals surface area contributed by atoms with Crippen molar-refractivity contribution >= 4 is 11.7 Å². The third-order valence-electron chi connectivity index (χ3n) is 11.0. The monoisotopic (exact) mass is 515 g/mol. The van der Waals surface area contributed by atoms with Crippen molar-refractivity contribution in [1.29, 1.82) is 0 Å². The van der Waals surface area contributed by atoms with Gasteiger partial charge in [-0.2, -0.15) is 0 Å². The molecule has 6 heteroatoms. The molecule has 5 atom stereocenters. The van der Waals surface area contributed by atoms with E-state index < -0.39 is 0 Å². The number of ketones is 1. The number of hydrogen-bond acceptors (Lipinski definition) is 5. The summed E-state index contributed by atoms with van der Waals surface area (Å²) in [6, 6.07) is 0.641. The lowest BCUT2D eigenvalue weighted by atomic mass is 9.76. The third kappa shape index (κ3) is 6.44. The molecule has 6 nitrogen and oxygen atoms in total. The van der Waals surface area contributed by atoms with E-state index in [2.05, 4.69) is 15.1 Å². The zero-order valence-corrected chi connectivity index (χ0v) is 22.4. The van der Waals surface area contributed by atoms with Crippen LogP contribution < -0.4 is 5.32 Å². The molecule has 37 heavy (non-hydrogen) atoms. The van der Waals surface area contributed by atoms with Crippen molar-refractivity contribution in [2.24, 2.45) is 35.5 Å². The number of morpholine rings is 1. The summed E-state index contributed by atoms with van der Waals surface area (Å²) >= 11 is 0. The molecule has 6 rings (SSSR count). The number of piperidine rings is 1. The molecule has 0 aromatic carbocycles.